The fourth-order valence-corrected chi connectivity index (χ4v) is 4.16. The summed E-state index contributed by atoms with van der Waals surface area (Å²) in [6.45, 7) is 2.29. The number of hydrazine groups is 1. The molecular weight excluding hydrogens is 442 g/mol. The van der Waals surface area contributed by atoms with E-state index >= 15 is 0 Å². The molecule has 0 saturated carbocycles. The maximum Gasteiger partial charge on any atom is 0.337 e. The van der Waals surface area contributed by atoms with Gasteiger partial charge in [-0.3, -0.25) is 10.2 Å². The first kappa shape index (κ1) is 24.4. The maximum atomic E-state index is 12.6. The number of nitrogens with zero attached hydrogens (tertiary/aromatic N) is 1. The van der Waals surface area contributed by atoms with Crippen molar-refractivity contribution in [2.45, 2.75) is 25.8 Å². The molecule has 7 nitrogen and oxygen atoms in total. The molecule has 4 rings (SSSR count). The number of nitrogens with one attached hydrogen (secondary N) is 2. The Hall–Kier alpha value is -3.68. The monoisotopic (exact) mass is 473 g/mol. The first-order valence-corrected chi connectivity index (χ1v) is 11.9. The third-order valence-electron chi connectivity index (χ3n) is 5.96. The predicted molar refractivity (Wildman–Crippen MR) is 135 cm³/mol. The summed E-state index contributed by atoms with van der Waals surface area (Å²) in [7, 11) is 1.39. The van der Waals surface area contributed by atoms with Gasteiger partial charge in [-0.05, 0) is 72.9 Å². The third-order valence-corrected chi connectivity index (χ3v) is 5.96. The summed E-state index contributed by atoms with van der Waals surface area (Å²) in [6, 6.07) is 24.5. The zero-order valence-electron chi connectivity index (χ0n) is 19.9. The highest BCUT2D eigenvalue weighted by Gasteiger charge is 2.20. The van der Waals surface area contributed by atoms with Crippen molar-refractivity contribution >= 4 is 17.6 Å². The van der Waals surface area contributed by atoms with E-state index in [1.807, 2.05) is 72.8 Å². The Balaban J connectivity index is 1.23. The molecule has 1 saturated heterocycles. The van der Waals surface area contributed by atoms with Gasteiger partial charge < -0.3 is 14.8 Å². The third kappa shape index (κ3) is 7.40. The Bertz CT molecular complexity index is 1120. The largest absolute Gasteiger partial charge is 0.465 e. The summed E-state index contributed by atoms with van der Waals surface area (Å²) in [5, 5.41) is 5.15. The zero-order chi connectivity index (χ0) is 24.5. The summed E-state index contributed by atoms with van der Waals surface area (Å²) < 4.78 is 10.6. The molecule has 35 heavy (non-hydrogen) atoms. The number of methoxy groups -OCH3 is 1. The molecule has 0 radical (unpaired) electrons. The van der Waals surface area contributed by atoms with E-state index in [-0.39, 0.29) is 17.8 Å². The lowest BCUT2D eigenvalue weighted by Crippen LogP contribution is -2.38. The predicted octanol–water partition coefficient (Wildman–Crippen LogP) is 5.01. The van der Waals surface area contributed by atoms with Crippen LogP contribution in [0.4, 0.5) is 5.69 Å². The number of esters is 1. The number of para-hydroxylation sites is 1. The Morgan fingerprint density at radius 3 is 2.54 bits per heavy atom. The van der Waals surface area contributed by atoms with E-state index in [4.69, 9.17) is 9.47 Å². The summed E-state index contributed by atoms with van der Waals surface area (Å²) in [5.74, 6) is 1.42. The van der Waals surface area contributed by atoms with Crippen LogP contribution >= 0.6 is 0 Å². The molecule has 3 aromatic carbocycles. The number of anilines is 1. The van der Waals surface area contributed by atoms with E-state index in [1.165, 1.54) is 7.11 Å². The lowest BCUT2D eigenvalue weighted by molar-refractivity contribution is -0.117. The maximum absolute atomic E-state index is 12.6. The molecule has 1 unspecified atom stereocenters. The van der Waals surface area contributed by atoms with Crippen LogP contribution in [0, 0.1) is 5.92 Å². The fourth-order valence-electron chi connectivity index (χ4n) is 4.16. The average molecular weight is 474 g/mol. The SMILES string of the molecule is COC(=O)c1cccc(CN2CCCC(CC(=O)Nc3ccc(Oc4ccccc4)cc3)CN2)c1. The van der Waals surface area contributed by atoms with Gasteiger partial charge in [0.25, 0.3) is 0 Å². The van der Waals surface area contributed by atoms with Crippen molar-refractivity contribution in [2.75, 3.05) is 25.5 Å². The molecule has 0 aromatic heterocycles. The van der Waals surface area contributed by atoms with Gasteiger partial charge in [0.05, 0.1) is 12.7 Å². The quantitative estimate of drug-likeness (QED) is 0.448. The molecule has 182 valence electrons. The average Bonchev–Trinajstić information content (AvgIpc) is 3.10. The van der Waals surface area contributed by atoms with Crippen molar-refractivity contribution in [3.05, 3.63) is 90.0 Å². The molecule has 3 aromatic rings. The number of carbonyl (C=O) groups is 2. The van der Waals surface area contributed by atoms with E-state index < -0.39 is 0 Å². The van der Waals surface area contributed by atoms with Crippen molar-refractivity contribution in [1.29, 1.82) is 0 Å². The first-order valence-electron chi connectivity index (χ1n) is 11.9. The Morgan fingerprint density at radius 1 is 1.00 bits per heavy atom. The van der Waals surface area contributed by atoms with Gasteiger partial charge in [-0.15, -0.1) is 0 Å². The summed E-state index contributed by atoms with van der Waals surface area (Å²) in [4.78, 5) is 24.4. The van der Waals surface area contributed by atoms with Crippen LogP contribution in [-0.2, 0) is 16.1 Å². The molecule has 1 heterocycles. The molecule has 0 bridgehead atoms. The highest BCUT2D eigenvalue weighted by molar-refractivity contribution is 5.91. The standard InChI is InChI=1S/C28H31N3O4/c1-34-28(33)23-9-5-7-22(17-23)20-31-16-6-8-21(19-29-31)18-27(32)30-24-12-14-26(15-13-24)35-25-10-3-2-4-11-25/h2-5,7,9-15,17,21,29H,6,8,16,18-20H2,1H3,(H,30,32). The molecule has 1 atom stereocenters. The molecule has 7 heteroatoms. The van der Waals surface area contributed by atoms with E-state index in [2.05, 4.69) is 15.8 Å². The van der Waals surface area contributed by atoms with Gasteiger partial charge in [0.1, 0.15) is 11.5 Å². The lowest BCUT2D eigenvalue weighted by atomic mass is 9.99. The topological polar surface area (TPSA) is 79.9 Å². The van der Waals surface area contributed by atoms with Gasteiger partial charge in [-0.25, -0.2) is 9.80 Å². The van der Waals surface area contributed by atoms with Gasteiger partial charge in [0.2, 0.25) is 5.91 Å². The Labute approximate surface area is 206 Å². The fraction of sp³-hybridized carbons (Fsp3) is 0.286. The van der Waals surface area contributed by atoms with E-state index in [9.17, 15) is 9.59 Å². The zero-order valence-corrected chi connectivity index (χ0v) is 19.9. The molecule has 0 spiro atoms. The molecule has 2 N–H and O–H groups in total. The first-order chi connectivity index (χ1) is 17.1. The van der Waals surface area contributed by atoms with Gasteiger partial charge in [0, 0.05) is 31.7 Å². The van der Waals surface area contributed by atoms with Gasteiger partial charge in [-0.2, -0.15) is 0 Å². The van der Waals surface area contributed by atoms with Crippen molar-refractivity contribution < 1.29 is 19.1 Å². The molecular formula is C28H31N3O4. The second kappa shape index (κ2) is 12.1. The lowest BCUT2D eigenvalue weighted by Gasteiger charge is -2.22. The molecule has 1 fully saturated rings. The van der Waals surface area contributed by atoms with Crippen LogP contribution in [0.15, 0.2) is 78.9 Å². The summed E-state index contributed by atoms with van der Waals surface area (Å²) in [5.41, 5.74) is 5.81. The van der Waals surface area contributed by atoms with Crippen molar-refractivity contribution in [1.82, 2.24) is 10.4 Å². The van der Waals surface area contributed by atoms with E-state index in [0.29, 0.717) is 18.5 Å². The van der Waals surface area contributed by atoms with Crippen LogP contribution in [0.25, 0.3) is 0 Å². The van der Waals surface area contributed by atoms with Crippen molar-refractivity contribution in [3.8, 4) is 11.5 Å². The second-order valence-electron chi connectivity index (χ2n) is 8.68. The molecule has 1 amide bonds. The van der Waals surface area contributed by atoms with Gasteiger partial charge in [0.15, 0.2) is 0 Å². The summed E-state index contributed by atoms with van der Waals surface area (Å²) >= 11 is 0. The minimum Gasteiger partial charge on any atom is -0.465 e. The van der Waals surface area contributed by atoms with Crippen molar-refractivity contribution in [3.63, 3.8) is 0 Å². The highest BCUT2D eigenvalue weighted by Crippen LogP contribution is 2.23. The van der Waals surface area contributed by atoms with Crippen molar-refractivity contribution in [2.24, 2.45) is 5.92 Å². The van der Waals surface area contributed by atoms with Gasteiger partial charge in [-0.1, -0.05) is 30.3 Å². The van der Waals surface area contributed by atoms with Crippen LogP contribution in [-0.4, -0.2) is 37.1 Å². The second-order valence-corrected chi connectivity index (χ2v) is 8.68. The van der Waals surface area contributed by atoms with Crippen LogP contribution in [0.5, 0.6) is 11.5 Å². The van der Waals surface area contributed by atoms with E-state index in [0.717, 1.165) is 48.7 Å². The van der Waals surface area contributed by atoms with E-state index in [1.54, 1.807) is 6.07 Å². The molecule has 0 aliphatic carbocycles. The number of benzene rings is 3. The number of rotatable bonds is 8. The van der Waals surface area contributed by atoms with Crippen LogP contribution in [0.1, 0.15) is 35.2 Å². The Kier molecular flexibility index (Phi) is 8.48. The number of ether oxygens (including phenoxy) is 2. The minimum absolute atomic E-state index is 0.00718. The molecule has 1 aliphatic rings. The number of carbonyl (C=O) groups excluding carboxylic acids is 2. The smallest absolute Gasteiger partial charge is 0.337 e. The Morgan fingerprint density at radius 2 is 1.77 bits per heavy atom. The van der Waals surface area contributed by atoms with Crippen LogP contribution < -0.4 is 15.5 Å². The normalized spacial score (nSPS) is 16.2. The molecule has 1 aliphatic heterocycles. The van der Waals surface area contributed by atoms with Crippen LogP contribution in [0.2, 0.25) is 0 Å². The number of hydrogen-bond donors (Lipinski definition) is 2. The van der Waals surface area contributed by atoms with Crippen LogP contribution in [0.3, 0.4) is 0 Å². The highest BCUT2D eigenvalue weighted by atomic mass is 16.5. The number of hydrogen-bond acceptors (Lipinski definition) is 6. The number of amides is 1. The minimum atomic E-state index is -0.333. The van der Waals surface area contributed by atoms with Gasteiger partial charge >= 0.3 is 5.97 Å². The summed E-state index contributed by atoms with van der Waals surface area (Å²) in [6.07, 6.45) is 2.43.